The number of nitrogens with zero attached hydrogens (tertiary/aromatic N) is 6. The quantitative estimate of drug-likeness (QED) is 0.344. The maximum absolute atomic E-state index is 16.7. The van der Waals surface area contributed by atoms with Crippen molar-refractivity contribution in [2.75, 3.05) is 37.7 Å². The van der Waals surface area contributed by atoms with Gasteiger partial charge in [0.05, 0.1) is 28.3 Å². The van der Waals surface area contributed by atoms with Gasteiger partial charge in [0, 0.05) is 30.5 Å². The van der Waals surface area contributed by atoms with Crippen molar-refractivity contribution in [3.05, 3.63) is 28.7 Å². The van der Waals surface area contributed by atoms with Crippen LogP contribution in [-0.2, 0) is 0 Å². The Hall–Kier alpha value is -3.31. The van der Waals surface area contributed by atoms with Gasteiger partial charge in [0.25, 0.3) is 0 Å². The molecule has 3 saturated heterocycles. The molecule has 7 heterocycles. The number of piperidine rings is 1. The lowest BCUT2D eigenvalue weighted by Crippen LogP contribution is -2.44. The van der Waals surface area contributed by atoms with Gasteiger partial charge < -0.3 is 14.4 Å². The number of aromatic nitrogens is 5. The standard InChI is InChI=1S/C29H30ClF2N7O2/c1-15-9-19-18(11-33-37-19)20(22(15)30)24-23(32)25-21-26(39-8-3-2-5-17(39)13-40-27(21)34-24)36-28(35-25)41-14-29-6-4-7-38(29)12-16(31)10-29/h9,11,16-17H,2-8,10,12-14H2,1H3,(H,33,37)/t16-,17+,29+/m1/s1. The molecule has 12 heteroatoms. The number of pyridine rings is 1. The van der Waals surface area contributed by atoms with Gasteiger partial charge in [0.2, 0.25) is 5.88 Å². The van der Waals surface area contributed by atoms with Gasteiger partial charge in [-0.1, -0.05) is 11.6 Å². The Morgan fingerprint density at radius 3 is 3.02 bits per heavy atom. The van der Waals surface area contributed by atoms with Crippen LogP contribution in [0.1, 0.15) is 44.1 Å². The molecule has 3 fully saturated rings. The average molecular weight is 582 g/mol. The predicted molar refractivity (Wildman–Crippen MR) is 151 cm³/mol. The molecule has 0 spiro atoms. The van der Waals surface area contributed by atoms with Crippen molar-refractivity contribution in [3.8, 4) is 23.1 Å². The highest BCUT2D eigenvalue weighted by molar-refractivity contribution is 6.35. The Balaban J connectivity index is 1.31. The van der Waals surface area contributed by atoms with E-state index in [4.69, 9.17) is 31.0 Å². The fourth-order valence-electron chi connectivity index (χ4n) is 7.35. The summed E-state index contributed by atoms with van der Waals surface area (Å²) in [5.41, 5.74) is 1.65. The summed E-state index contributed by atoms with van der Waals surface area (Å²) in [5.74, 6) is 0.217. The number of alkyl halides is 1. The topological polar surface area (TPSA) is 92.3 Å². The molecule has 8 rings (SSSR count). The number of nitrogens with one attached hydrogen (secondary N) is 1. The van der Waals surface area contributed by atoms with Gasteiger partial charge in [-0.25, -0.2) is 13.8 Å². The van der Waals surface area contributed by atoms with Crippen LogP contribution in [0.15, 0.2) is 12.3 Å². The van der Waals surface area contributed by atoms with Gasteiger partial charge in [0.15, 0.2) is 5.82 Å². The Labute approximate surface area is 240 Å². The number of halogens is 3. The smallest absolute Gasteiger partial charge is 0.319 e. The van der Waals surface area contributed by atoms with Crippen molar-refractivity contribution in [2.45, 2.75) is 63.2 Å². The fraction of sp³-hybridized carbons (Fsp3) is 0.517. The van der Waals surface area contributed by atoms with Crippen molar-refractivity contribution < 1.29 is 18.3 Å². The molecule has 3 aromatic heterocycles. The first-order valence-electron chi connectivity index (χ1n) is 14.4. The summed E-state index contributed by atoms with van der Waals surface area (Å²) < 4.78 is 43.7. The summed E-state index contributed by atoms with van der Waals surface area (Å²) >= 11 is 6.79. The van der Waals surface area contributed by atoms with E-state index < -0.39 is 12.0 Å². The molecule has 0 aliphatic carbocycles. The van der Waals surface area contributed by atoms with Crippen LogP contribution in [-0.4, -0.2) is 80.6 Å². The third-order valence-corrected chi connectivity index (χ3v) is 9.84. The van der Waals surface area contributed by atoms with Crippen LogP contribution in [0.5, 0.6) is 11.9 Å². The number of ether oxygens (including phenoxy) is 2. The first-order valence-corrected chi connectivity index (χ1v) is 14.7. The summed E-state index contributed by atoms with van der Waals surface area (Å²) in [5, 5.41) is 8.57. The van der Waals surface area contributed by atoms with E-state index in [-0.39, 0.29) is 41.3 Å². The van der Waals surface area contributed by atoms with Gasteiger partial charge in [-0.3, -0.25) is 10.00 Å². The Bertz CT molecular complexity index is 1700. The highest BCUT2D eigenvalue weighted by atomic mass is 35.5. The lowest BCUT2D eigenvalue weighted by molar-refractivity contribution is 0.107. The summed E-state index contributed by atoms with van der Waals surface area (Å²) in [6.07, 6.45) is 6.02. The van der Waals surface area contributed by atoms with Crippen LogP contribution in [0.4, 0.5) is 14.6 Å². The average Bonchev–Trinajstić information content (AvgIpc) is 3.63. The maximum atomic E-state index is 16.7. The summed E-state index contributed by atoms with van der Waals surface area (Å²) in [6.45, 7) is 4.56. The van der Waals surface area contributed by atoms with Crippen LogP contribution in [0.3, 0.4) is 0 Å². The van der Waals surface area contributed by atoms with Crippen molar-refractivity contribution in [1.29, 1.82) is 0 Å². The predicted octanol–water partition coefficient (Wildman–Crippen LogP) is 5.38. The van der Waals surface area contributed by atoms with Crippen molar-refractivity contribution in [3.63, 3.8) is 0 Å². The lowest BCUT2D eigenvalue weighted by atomic mass is 9.95. The number of benzene rings is 1. The molecule has 4 aliphatic rings. The van der Waals surface area contributed by atoms with Crippen molar-refractivity contribution >= 4 is 39.2 Å². The zero-order valence-electron chi connectivity index (χ0n) is 22.7. The third-order valence-electron chi connectivity index (χ3n) is 9.36. The number of aryl methyl sites for hydroxylation is 1. The number of hydrogen-bond acceptors (Lipinski definition) is 8. The highest BCUT2D eigenvalue weighted by Gasteiger charge is 2.49. The second-order valence-electron chi connectivity index (χ2n) is 11.9. The van der Waals surface area contributed by atoms with Gasteiger partial charge in [-0.2, -0.15) is 15.1 Å². The zero-order chi connectivity index (χ0) is 27.9. The van der Waals surface area contributed by atoms with Crippen molar-refractivity contribution in [2.24, 2.45) is 0 Å². The van der Waals surface area contributed by atoms with Gasteiger partial charge in [-0.05, 0) is 57.2 Å². The number of H-pyrrole nitrogens is 1. The van der Waals surface area contributed by atoms with E-state index in [1.165, 1.54) is 0 Å². The number of rotatable bonds is 4. The SMILES string of the molecule is Cc1cc2[nH]ncc2c(-c2nc3c4c(nc(OC[C@@]56CCCN5C[C@H](F)C6)nc4c2F)N2CCCC[C@H]2CO3)c1Cl. The van der Waals surface area contributed by atoms with E-state index in [2.05, 4.69) is 25.0 Å². The van der Waals surface area contributed by atoms with Crippen LogP contribution < -0.4 is 14.4 Å². The molecule has 4 aromatic rings. The van der Waals surface area contributed by atoms with E-state index in [0.29, 0.717) is 46.7 Å². The first kappa shape index (κ1) is 25.4. The third kappa shape index (κ3) is 3.88. The molecule has 0 saturated carbocycles. The second-order valence-corrected chi connectivity index (χ2v) is 12.2. The molecule has 0 unspecified atom stereocenters. The van der Waals surface area contributed by atoms with Gasteiger partial charge in [0.1, 0.15) is 41.8 Å². The lowest BCUT2D eigenvalue weighted by Gasteiger charge is -2.35. The van der Waals surface area contributed by atoms with E-state index in [9.17, 15) is 4.39 Å². The van der Waals surface area contributed by atoms with Crippen LogP contribution in [0.2, 0.25) is 5.02 Å². The highest BCUT2D eigenvalue weighted by Crippen LogP contribution is 2.45. The van der Waals surface area contributed by atoms with E-state index in [1.807, 2.05) is 13.0 Å². The Kier molecular flexibility index (Phi) is 5.79. The molecule has 3 atom stereocenters. The van der Waals surface area contributed by atoms with Crippen LogP contribution in [0, 0.1) is 12.7 Å². The Morgan fingerprint density at radius 2 is 2.12 bits per heavy atom. The molecular weight excluding hydrogens is 552 g/mol. The fourth-order valence-corrected chi connectivity index (χ4v) is 7.60. The van der Waals surface area contributed by atoms with Crippen molar-refractivity contribution in [1.82, 2.24) is 30.0 Å². The van der Waals surface area contributed by atoms with E-state index >= 15 is 4.39 Å². The molecule has 1 aromatic carbocycles. The Morgan fingerprint density at radius 1 is 1.22 bits per heavy atom. The zero-order valence-corrected chi connectivity index (χ0v) is 23.5. The molecule has 41 heavy (non-hydrogen) atoms. The molecule has 0 amide bonds. The molecule has 214 valence electrons. The summed E-state index contributed by atoms with van der Waals surface area (Å²) in [4.78, 5) is 18.5. The second kappa shape index (κ2) is 9.35. The van der Waals surface area contributed by atoms with Crippen LogP contribution in [0.25, 0.3) is 33.1 Å². The minimum Gasteiger partial charge on any atom is -0.475 e. The van der Waals surface area contributed by atoms with Crippen LogP contribution >= 0.6 is 11.6 Å². The van der Waals surface area contributed by atoms with Gasteiger partial charge in [-0.15, -0.1) is 0 Å². The number of aromatic amines is 1. The number of fused-ring (bicyclic) bond motifs is 4. The minimum atomic E-state index is -0.875. The first-order chi connectivity index (χ1) is 19.9. The summed E-state index contributed by atoms with van der Waals surface area (Å²) in [6, 6.07) is 2.03. The molecule has 0 bridgehead atoms. The number of hydrogen-bond donors (Lipinski definition) is 1. The van der Waals surface area contributed by atoms with E-state index in [1.54, 1.807) is 6.20 Å². The molecule has 4 aliphatic heterocycles. The largest absolute Gasteiger partial charge is 0.475 e. The maximum Gasteiger partial charge on any atom is 0.319 e. The monoisotopic (exact) mass is 581 g/mol. The van der Waals surface area contributed by atoms with E-state index in [0.717, 1.165) is 56.3 Å². The summed E-state index contributed by atoms with van der Waals surface area (Å²) in [7, 11) is 0. The molecule has 1 N–H and O–H groups in total. The molecular formula is C29H30ClF2N7O2. The normalized spacial score (nSPS) is 25.8. The molecule has 0 radical (unpaired) electrons. The van der Waals surface area contributed by atoms with Gasteiger partial charge >= 0.3 is 6.01 Å². The molecule has 9 nitrogen and oxygen atoms in total. The number of anilines is 1. The minimum absolute atomic E-state index is 0.0414.